The number of nitrogen functional groups attached to an aromatic ring is 1. The fraction of sp³-hybridized carbons (Fsp3) is 0.538. The first-order valence-electron chi connectivity index (χ1n) is 13.2. The van der Waals surface area contributed by atoms with Gasteiger partial charge >= 0.3 is 17.9 Å². The van der Waals surface area contributed by atoms with E-state index in [2.05, 4.69) is 20.2 Å². The largest absolute Gasteiger partial charge is 0.463 e. The molecule has 2 saturated heterocycles. The molecule has 0 aliphatic carbocycles. The Morgan fingerprint density at radius 1 is 1.20 bits per heavy atom. The quantitative estimate of drug-likeness (QED) is 0.276. The maximum atomic E-state index is 13.2. The molecule has 4 unspecified atom stereocenters. The summed E-state index contributed by atoms with van der Waals surface area (Å²) in [5.74, 6) is -1.77. The van der Waals surface area contributed by atoms with Crippen molar-refractivity contribution < 1.29 is 38.1 Å². The van der Waals surface area contributed by atoms with Crippen molar-refractivity contribution in [3.8, 4) is 0 Å². The number of esters is 3. The number of carbonyl (C=O) groups is 3. The number of ether oxygens (including phenoxy) is 5. The molecule has 0 bridgehead atoms. The molecule has 2 fully saturated rings. The van der Waals surface area contributed by atoms with Crippen LogP contribution in [0.1, 0.15) is 33.4 Å². The van der Waals surface area contributed by atoms with Gasteiger partial charge in [-0.2, -0.15) is 10.2 Å². The average Bonchev–Trinajstić information content (AvgIpc) is 3.34. The third-order valence-corrected chi connectivity index (χ3v) is 7.24. The van der Waals surface area contributed by atoms with E-state index < -0.39 is 47.5 Å². The molecule has 41 heavy (non-hydrogen) atoms. The summed E-state index contributed by atoms with van der Waals surface area (Å²) >= 11 is 0. The van der Waals surface area contributed by atoms with Crippen LogP contribution in [0.2, 0.25) is 0 Å². The summed E-state index contributed by atoms with van der Waals surface area (Å²) in [6.07, 6.45) is -0.325. The fourth-order valence-electron chi connectivity index (χ4n) is 5.33. The minimum absolute atomic E-state index is 0.0612. The van der Waals surface area contributed by atoms with Crippen LogP contribution in [0.15, 0.2) is 23.3 Å². The topological polar surface area (TPSA) is 190 Å². The number of aromatic amines is 1. The summed E-state index contributed by atoms with van der Waals surface area (Å²) in [7, 11) is 0. The molecule has 3 aromatic rings. The summed E-state index contributed by atoms with van der Waals surface area (Å²) in [4.78, 5) is 51.6. The number of H-pyrrole nitrogens is 1. The van der Waals surface area contributed by atoms with Crippen molar-refractivity contribution in [2.45, 2.75) is 51.2 Å². The van der Waals surface area contributed by atoms with Gasteiger partial charge in [0, 0.05) is 56.1 Å². The first-order chi connectivity index (χ1) is 19.6. The van der Waals surface area contributed by atoms with Crippen molar-refractivity contribution in [2.24, 2.45) is 0 Å². The number of anilines is 1. The molecule has 0 radical (unpaired) electrons. The Morgan fingerprint density at radius 3 is 2.66 bits per heavy atom. The SMILES string of the molecule is CC(=O)OCC1OC(n2cc3c(N)cc4c(=O)[nH]ncc(n2)c34)C(C)(OC(=O)CCN2CCOCC2)C1OC(C)=O. The molecule has 0 spiro atoms. The first-order valence-corrected chi connectivity index (χ1v) is 13.2. The van der Waals surface area contributed by atoms with E-state index in [9.17, 15) is 19.2 Å². The highest BCUT2D eigenvalue weighted by atomic mass is 16.7. The summed E-state index contributed by atoms with van der Waals surface area (Å²) in [6, 6.07) is 1.52. The van der Waals surface area contributed by atoms with Gasteiger partial charge in [-0.1, -0.05) is 0 Å². The lowest BCUT2D eigenvalue weighted by molar-refractivity contribution is -0.188. The van der Waals surface area contributed by atoms with Gasteiger partial charge in [-0.3, -0.25) is 24.1 Å². The van der Waals surface area contributed by atoms with Gasteiger partial charge in [-0.15, -0.1) is 0 Å². The zero-order valence-electron chi connectivity index (χ0n) is 23.0. The van der Waals surface area contributed by atoms with Crippen LogP contribution in [0.3, 0.4) is 0 Å². The number of nitrogens with one attached hydrogen (secondary N) is 1. The number of hydrogen-bond donors (Lipinski definition) is 2. The summed E-state index contributed by atoms with van der Waals surface area (Å²) in [5, 5.41) is 12.2. The Morgan fingerprint density at radius 2 is 1.95 bits per heavy atom. The van der Waals surface area contributed by atoms with E-state index in [4.69, 9.17) is 29.4 Å². The smallest absolute Gasteiger partial charge is 0.307 e. The minimum atomic E-state index is -1.61. The normalized spacial score (nSPS) is 24.9. The molecule has 4 heterocycles. The van der Waals surface area contributed by atoms with Gasteiger partial charge in [0.1, 0.15) is 18.2 Å². The van der Waals surface area contributed by atoms with Crippen molar-refractivity contribution in [1.29, 1.82) is 0 Å². The Hall–Kier alpha value is -4.08. The van der Waals surface area contributed by atoms with Gasteiger partial charge in [0.25, 0.3) is 5.56 Å². The van der Waals surface area contributed by atoms with E-state index in [0.29, 0.717) is 60.2 Å². The number of hydrogen-bond acceptors (Lipinski definition) is 13. The second kappa shape index (κ2) is 11.4. The number of morpholine rings is 1. The fourth-order valence-corrected chi connectivity index (χ4v) is 5.33. The van der Waals surface area contributed by atoms with Crippen LogP contribution in [0.4, 0.5) is 5.69 Å². The second-order valence-corrected chi connectivity index (χ2v) is 10.2. The number of aromatic nitrogens is 4. The number of carbonyl (C=O) groups excluding carboxylic acids is 3. The predicted molar refractivity (Wildman–Crippen MR) is 143 cm³/mol. The molecule has 1 aromatic carbocycles. The zero-order chi connectivity index (χ0) is 29.3. The Balaban J connectivity index is 1.55. The van der Waals surface area contributed by atoms with E-state index in [0.717, 1.165) is 0 Å². The van der Waals surface area contributed by atoms with Crippen molar-refractivity contribution in [3.63, 3.8) is 0 Å². The molecule has 0 amide bonds. The molecule has 0 saturated carbocycles. The summed E-state index contributed by atoms with van der Waals surface area (Å²) in [6.45, 7) is 6.75. The maximum Gasteiger partial charge on any atom is 0.307 e. The Labute approximate surface area is 233 Å². The van der Waals surface area contributed by atoms with Crippen LogP contribution in [-0.4, -0.2) is 100 Å². The third kappa shape index (κ3) is 5.73. The Bertz CT molecular complexity index is 1530. The molecule has 2 aromatic heterocycles. The summed E-state index contributed by atoms with van der Waals surface area (Å²) in [5.41, 5.74) is 4.83. The monoisotopic (exact) mass is 572 g/mol. The number of nitrogens with zero attached hydrogens (tertiary/aromatic N) is 4. The highest BCUT2D eigenvalue weighted by Crippen LogP contribution is 2.44. The van der Waals surface area contributed by atoms with Crippen molar-refractivity contribution in [1.82, 2.24) is 24.9 Å². The molecule has 5 rings (SSSR count). The van der Waals surface area contributed by atoms with Crippen LogP contribution in [0.25, 0.3) is 21.7 Å². The standard InChI is InChI=1S/C26H32N6O9/c1-14(33)38-13-20-23(39-15(2)34)26(3,41-21(35)4-5-31-6-8-37-9-7-31)25(40-20)32-12-17-18(27)10-16-22(17)19(30-32)11-28-29-24(16)36/h10-12,20,23,25H,4-9,13,27H2,1-3H3,(H,29,36). The van der Waals surface area contributed by atoms with Gasteiger partial charge in [0.2, 0.25) is 0 Å². The van der Waals surface area contributed by atoms with Gasteiger partial charge in [-0.25, -0.2) is 9.78 Å². The van der Waals surface area contributed by atoms with Crippen molar-refractivity contribution in [3.05, 3.63) is 28.8 Å². The molecular weight excluding hydrogens is 540 g/mol. The zero-order valence-corrected chi connectivity index (χ0v) is 23.0. The van der Waals surface area contributed by atoms with Crippen LogP contribution in [0.5, 0.6) is 0 Å². The second-order valence-electron chi connectivity index (χ2n) is 10.2. The lowest BCUT2D eigenvalue weighted by Gasteiger charge is -2.35. The molecule has 3 N–H and O–H groups in total. The van der Waals surface area contributed by atoms with E-state index in [1.807, 2.05) is 0 Å². The summed E-state index contributed by atoms with van der Waals surface area (Å²) < 4.78 is 29.9. The van der Waals surface area contributed by atoms with Crippen LogP contribution in [0, 0.1) is 0 Å². The van der Waals surface area contributed by atoms with E-state index >= 15 is 0 Å². The number of rotatable bonds is 8. The lowest BCUT2D eigenvalue weighted by Crippen LogP contribution is -2.51. The van der Waals surface area contributed by atoms with E-state index in [1.165, 1.54) is 30.8 Å². The number of nitrogens with two attached hydrogens (primary N) is 1. The average molecular weight is 573 g/mol. The highest BCUT2D eigenvalue weighted by molar-refractivity contribution is 6.14. The van der Waals surface area contributed by atoms with Crippen molar-refractivity contribution in [2.75, 3.05) is 45.2 Å². The predicted octanol–water partition coefficient (Wildman–Crippen LogP) is 0.271. The Kier molecular flexibility index (Phi) is 7.93. The van der Waals surface area contributed by atoms with Gasteiger partial charge in [0.15, 0.2) is 17.9 Å². The molecular formula is C26H32N6O9. The molecule has 2 aliphatic heterocycles. The molecule has 15 heteroatoms. The van der Waals surface area contributed by atoms with Crippen LogP contribution < -0.4 is 11.3 Å². The molecule has 15 nitrogen and oxygen atoms in total. The maximum absolute atomic E-state index is 13.2. The van der Waals surface area contributed by atoms with Crippen LogP contribution in [-0.2, 0) is 38.1 Å². The van der Waals surface area contributed by atoms with Gasteiger partial charge in [-0.05, 0) is 13.0 Å². The molecule has 220 valence electrons. The third-order valence-electron chi connectivity index (χ3n) is 7.24. The minimum Gasteiger partial charge on any atom is -0.463 e. The van der Waals surface area contributed by atoms with Crippen LogP contribution >= 0.6 is 0 Å². The lowest BCUT2D eigenvalue weighted by atomic mass is 9.95. The van der Waals surface area contributed by atoms with Crippen molar-refractivity contribution >= 4 is 45.3 Å². The highest BCUT2D eigenvalue weighted by Gasteiger charge is 2.60. The van der Waals surface area contributed by atoms with Gasteiger partial charge < -0.3 is 29.4 Å². The van der Waals surface area contributed by atoms with E-state index in [1.54, 1.807) is 13.1 Å². The van der Waals surface area contributed by atoms with Gasteiger partial charge in [0.05, 0.1) is 31.2 Å². The molecule has 4 atom stereocenters. The van der Waals surface area contributed by atoms with E-state index in [-0.39, 0.29) is 13.0 Å². The molecule has 2 aliphatic rings. The first kappa shape index (κ1) is 28.4.